The third-order valence-electron chi connectivity index (χ3n) is 4.21. The Kier molecular flexibility index (Phi) is 5.45. The number of carboxylic acids is 1. The van der Waals surface area contributed by atoms with Crippen molar-refractivity contribution in [3.63, 3.8) is 0 Å². The van der Waals surface area contributed by atoms with Crippen LogP contribution in [0.25, 0.3) is 6.08 Å². The molecule has 1 unspecified atom stereocenters. The molecule has 1 aliphatic heterocycles. The summed E-state index contributed by atoms with van der Waals surface area (Å²) in [6, 6.07) is 12.2. The zero-order valence-electron chi connectivity index (χ0n) is 15.7. The molecule has 0 spiro atoms. The summed E-state index contributed by atoms with van der Waals surface area (Å²) in [5.41, 5.74) is 1.53. The molecule has 2 aromatic carbocycles. The molecule has 2 N–H and O–H groups in total. The number of imide groups is 2. The summed E-state index contributed by atoms with van der Waals surface area (Å²) < 4.78 is 5.24. The number of rotatable bonds is 5. The van der Waals surface area contributed by atoms with Crippen LogP contribution in [0, 0.1) is 6.92 Å². The Morgan fingerprint density at radius 1 is 1.14 bits per heavy atom. The van der Waals surface area contributed by atoms with E-state index in [2.05, 4.69) is 5.32 Å². The van der Waals surface area contributed by atoms with Crippen LogP contribution < -0.4 is 15.0 Å². The Bertz CT molecular complexity index is 1030. The molecule has 1 saturated heterocycles. The molecule has 1 aliphatic rings. The predicted molar refractivity (Wildman–Crippen MR) is 104 cm³/mol. The third-order valence-corrected chi connectivity index (χ3v) is 4.21. The van der Waals surface area contributed by atoms with Crippen LogP contribution >= 0.6 is 0 Å². The highest BCUT2D eigenvalue weighted by atomic mass is 16.5. The van der Waals surface area contributed by atoms with Gasteiger partial charge < -0.3 is 9.84 Å². The Morgan fingerprint density at radius 2 is 1.83 bits per heavy atom. The van der Waals surface area contributed by atoms with Crippen LogP contribution in [0.15, 0.2) is 54.1 Å². The molecule has 1 heterocycles. The van der Waals surface area contributed by atoms with E-state index in [1.54, 1.807) is 30.3 Å². The maximum Gasteiger partial charge on any atom is 0.344 e. The highest BCUT2D eigenvalue weighted by Crippen LogP contribution is 2.23. The second kappa shape index (κ2) is 7.97. The molecular formula is C21H18N2O6. The summed E-state index contributed by atoms with van der Waals surface area (Å²) in [5.74, 6) is -2.28. The van der Waals surface area contributed by atoms with Crippen LogP contribution in [0.5, 0.6) is 5.75 Å². The summed E-state index contributed by atoms with van der Waals surface area (Å²) in [6.07, 6.45) is 0.343. The quantitative estimate of drug-likeness (QED) is 0.595. The maximum atomic E-state index is 12.8. The van der Waals surface area contributed by atoms with Crippen LogP contribution in [0.2, 0.25) is 0 Å². The van der Waals surface area contributed by atoms with Crippen LogP contribution in [0.1, 0.15) is 18.1 Å². The van der Waals surface area contributed by atoms with Gasteiger partial charge in [0.1, 0.15) is 11.3 Å². The van der Waals surface area contributed by atoms with Crippen molar-refractivity contribution in [2.75, 3.05) is 4.90 Å². The fraction of sp³-hybridized carbons (Fsp3) is 0.143. The van der Waals surface area contributed by atoms with Crippen LogP contribution in [-0.4, -0.2) is 35.0 Å². The van der Waals surface area contributed by atoms with Gasteiger partial charge in [-0.1, -0.05) is 24.3 Å². The summed E-state index contributed by atoms with van der Waals surface area (Å²) in [5, 5.41) is 11.0. The van der Waals surface area contributed by atoms with Crippen molar-refractivity contribution < 1.29 is 29.0 Å². The van der Waals surface area contributed by atoms with Gasteiger partial charge in [0.15, 0.2) is 6.10 Å². The van der Waals surface area contributed by atoms with Gasteiger partial charge in [-0.25, -0.2) is 14.5 Å². The number of aliphatic carboxylic acids is 1. The summed E-state index contributed by atoms with van der Waals surface area (Å²) in [4.78, 5) is 49.0. The first-order valence-electron chi connectivity index (χ1n) is 8.74. The van der Waals surface area contributed by atoms with Crippen molar-refractivity contribution in [3.05, 3.63) is 65.2 Å². The standard InChI is InChI=1S/C21H18N2O6/c1-12-4-3-5-15(10-12)23-19(25)17(18(24)22-21(23)28)11-14-6-8-16(9-7-14)29-13(2)20(26)27/h3-11,13H,1-2H3,(H,26,27)(H,22,24,28)/b17-11+. The molecule has 2 aromatic rings. The van der Waals surface area contributed by atoms with E-state index in [1.807, 2.05) is 13.0 Å². The SMILES string of the molecule is Cc1cccc(N2C(=O)NC(=O)/C(=C\c3ccc(OC(C)C(=O)O)cc3)C2=O)c1. The van der Waals surface area contributed by atoms with Crippen molar-refractivity contribution in [1.29, 1.82) is 0 Å². The lowest BCUT2D eigenvalue weighted by Gasteiger charge is -2.26. The first-order chi connectivity index (χ1) is 13.8. The molecular weight excluding hydrogens is 376 g/mol. The molecule has 0 bridgehead atoms. The van der Waals surface area contributed by atoms with Crippen molar-refractivity contribution in [1.82, 2.24) is 5.32 Å². The molecule has 8 nitrogen and oxygen atoms in total. The van der Waals surface area contributed by atoms with Gasteiger partial charge in [0.05, 0.1) is 5.69 Å². The third kappa shape index (κ3) is 4.32. The predicted octanol–water partition coefficient (Wildman–Crippen LogP) is 2.51. The molecule has 1 fully saturated rings. The Hall–Kier alpha value is -3.94. The average molecular weight is 394 g/mol. The molecule has 0 saturated carbocycles. The Labute approximate surface area is 166 Å². The van der Waals surface area contributed by atoms with Gasteiger partial charge in [0, 0.05) is 0 Å². The van der Waals surface area contributed by atoms with E-state index in [0.717, 1.165) is 10.5 Å². The first kappa shape index (κ1) is 19.8. The van der Waals surface area contributed by atoms with E-state index in [9.17, 15) is 19.2 Å². The minimum absolute atomic E-state index is 0.196. The topological polar surface area (TPSA) is 113 Å². The van der Waals surface area contributed by atoms with Crippen molar-refractivity contribution in [2.24, 2.45) is 0 Å². The molecule has 3 rings (SSSR count). The Balaban J connectivity index is 1.87. The van der Waals surface area contributed by atoms with Gasteiger partial charge in [0.25, 0.3) is 11.8 Å². The molecule has 8 heteroatoms. The smallest absolute Gasteiger partial charge is 0.344 e. The van der Waals surface area contributed by atoms with Gasteiger partial charge in [-0.15, -0.1) is 0 Å². The van der Waals surface area contributed by atoms with Crippen molar-refractivity contribution in [2.45, 2.75) is 20.0 Å². The second-order valence-corrected chi connectivity index (χ2v) is 6.46. The van der Waals surface area contributed by atoms with E-state index < -0.39 is 29.9 Å². The number of hydrogen-bond acceptors (Lipinski definition) is 5. The second-order valence-electron chi connectivity index (χ2n) is 6.46. The number of amides is 4. The number of carboxylic acid groups (broad SMARTS) is 1. The van der Waals surface area contributed by atoms with Crippen LogP contribution in [0.4, 0.5) is 10.5 Å². The number of nitrogens with one attached hydrogen (secondary N) is 1. The van der Waals surface area contributed by atoms with Gasteiger partial charge in [-0.3, -0.25) is 14.9 Å². The highest BCUT2D eigenvalue weighted by molar-refractivity contribution is 6.39. The van der Waals surface area contributed by atoms with Crippen LogP contribution in [-0.2, 0) is 14.4 Å². The van der Waals surface area contributed by atoms with Crippen LogP contribution in [0.3, 0.4) is 0 Å². The average Bonchev–Trinajstić information content (AvgIpc) is 2.66. The number of carbonyl (C=O) groups excluding carboxylic acids is 3. The first-order valence-corrected chi connectivity index (χ1v) is 8.74. The van der Waals surface area contributed by atoms with E-state index in [4.69, 9.17) is 9.84 Å². The lowest BCUT2D eigenvalue weighted by Crippen LogP contribution is -2.54. The fourth-order valence-corrected chi connectivity index (χ4v) is 2.72. The number of benzene rings is 2. The van der Waals surface area contributed by atoms with Gasteiger partial charge in [-0.05, 0) is 55.3 Å². The molecule has 4 amide bonds. The zero-order chi connectivity index (χ0) is 21.1. The lowest BCUT2D eigenvalue weighted by molar-refractivity contribution is -0.144. The van der Waals surface area contributed by atoms with Gasteiger partial charge >= 0.3 is 12.0 Å². The van der Waals surface area contributed by atoms with Crippen molar-refractivity contribution in [3.8, 4) is 5.75 Å². The number of hydrogen-bond donors (Lipinski definition) is 2. The Morgan fingerprint density at radius 3 is 2.45 bits per heavy atom. The molecule has 29 heavy (non-hydrogen) atoms. The largest absolute Gasteiger partial charge is 0.479 e. The molecule has 1 atom stereocenters. The summed E-state index contributed by atoms with van der Waals surface area (Å²) >= 11 is 0. The highest BCUT2D eigenvalue weighted by Gasteiger charge is 2.36. The molecule has 0 aliphatic carbocycles. The summed E-state index contributed by atoms with van der Waals surface area (Å²) in [6.45, 7) is 3.23. The minimum Gasteiger partial charge on any atom is -0.479 e. The monoisotopic (exact) mass is 394 g/mol. The molecule has 0 radical (unpaired) electrons. The summed E-state index contributed by atoms with van der Waals surface area (Å²) in [7, 11) is 0. The van der Waals surface area contributed by atoms with Crippen molar-refractivity contribution >= 4 is 35.6 Å². The number of nitrogens with zero attached hydrogens (tertiary/aromatic N) is 1. The number of carbonyl (C=O) groups is 4. The molecule has 148 valence electrons. The number of barbiturate groups is 1. The zero-order valence-corrected chi connectivity index (χ0v) is 15.7. The lowest BCUT2D eigenvalue weighted by atomic mass is 10.1. The van der Waals surface area contributed by atoms with Gasteiger partial charge in [0.2, 0.25) is 0 Å². The van der Waals surface area contributed by atoms with Gasteiger partial charge in [-0.2, -0.15) is 0 Å². The minimum atomic E-state index is -1.10. The molecule has 0 aromatic heterocycles. The number of urea groups is 1. The number of anilines is 1. The number of ether oxygens (including phenoxy) is 1. The maximum absolute atomic E-state index is 12.8. The fourth-order valence-electron chi connectivity index (χ4n) is 2.72. The van der Waals surface area contributed by atoms with E-state index in [-0.39, 0.29) is 5.57 Å². The van der Waals surface area contributed by atoms with E-state index in [1.165, 1.54) is 25.1 Å². The number of aryl methyl sites for hydroxylation is 1. The normalized spacial score (nSPS) is 16.6. The van der Waals surface area contributed by atoms with E-state index in [0.29, 0.717) is 17.0 Å². The van der Waals surface area contributed by atoms with E-state index >= 15 is 0 Å².